The Kier molecular flexibility index (Phi) is 7.97. The monoisotopic (exact) mass is 555 g/mol. The van der Waals surface area contributed by atoms with Crippen LogP contribution < -0.4 is 5.32 Å². The van der Waals surface area contributed by atoms with E-state index < -0.39 is 5.97 Å². The lowest BCUT2D eigenvalue weighted by atomic mass is 10.1. The molecule has 2 aromatic carbocycles. The number of nitrogens with one attached hydrogen (secondary N) is 1. The van der Waals surface area contributed by atoms with Crippen LogP contribution in [0.4, 0.5) is 5.69 Å². The average Bonchev–Trinajstić information content (AvgIpc) is 3.28. The van der Waals surface area contributed by atoms with Gasteiger partial charge in [-0.3, -0.25) is 4.79 Å². The second kappa shape index (κ2) is 11.1. The van der Waals surface area contributed by atoms with Crippen molar-refractivity contribution in [2.24, 2.45) is 0 Å². The molecule has 0 radical (unpaired) electrons. The van der Waals surface area contributed by atoms with Gasteiger partial charge in [0.2, 0.25) is 5.91 Å². The summed E-state index contributed by atoms with van der Waals surface area (Å²) in [7, 11) is 0. The molecule has 0 saturated carbocycles. The van der Waals surface area contributed by atoms with Crippen LogP contribution in [0.5, 0.6) is 0 Å². The Hall–Kier alpha value is -2.75. The van der Waals surface area contributed by atoms with Crippen LogP contribution in [0, 0.1) is 0 Å². The molecule has 0 saturated heterocycles. The maximum Gasteiger partial charge on any atom is 0.338 e. The van der Waals surface area contributed by atoms with Gasteiger partial charge in [-0.05, 0) is 49.2 Å². The maximum absolute atomic E-state index is 13.1. The summed E-state index contributed by atoms with van der Waals surface area (Å²) in [6, 6.07) is 14.9. The van der Waals surface area contributed by atoms with E-state index in [-0.39, 0.29) is 11.2 Å². The van der Waals surface area contributed by atoms with Crippen molar-refractivity contribution in [3.63, 3.8) is 0 Å². The van der Waals surface area contributed by atoms with Gasteiger partial charge >= 0.3 is 5.97 Å². The van der Waals surface area contributed by atoms with Crippen molar-refractivity contribution in [3.8, 4) is 11.1 Å². The number of hydrogen-bond donors (Lipinski definition) is 1. The Morgan fingerprint density at radius 1 is 1.15 bits per heavy atom. The minimum atomic E-state index is -0.415. The number of ether oxygens (including phenoxy) is 1. The first-order valence-electron chi connectivity index (χ1n) is 10.7. The lowest BCUT2D eigenvalue weighted by molar-refractivity contribution is -0.115. The highest BCUT2D eigenvalue weighted by molar-refractivity contribution is 9.10. The number of carbonyl (C=O) groups is 2. The zero-order valence-electron chi connectivity index (χ0n) is 18.6. The van der Waals surface area contributed by atoms with Crippen molar-refractivity contribution in [2.45, 2.75) is 30.5 Å². The molecule has 0 spiro atoms. The second-order valence-electron chi connectivity index (χ2n) is 7.32. The molecule has 0 bridgehead atoms. The molecule has 0 fully saturated rings. The Bertz CT molecular complexity index is 1320. The molecule has 2 heterocycles. The maximum atomic E-state index is 13.1. The van der Waals surface area contributed by atoms with Crippen molar-refractivity contribution in [1.29, 1.82) is 0 Å². The van der Waals surface area contributed by atoms with Gasteiger partial charge in [-0.15, -0.1) is 11.3 Å². The Balaban J connectivity index is 1.58. The summed E-state index contributed by atoms with van der Waals surface area (Å²) < 4.78 is 6.06. The summed E-state index contributed by atoms with van der Waals surface area (Å²) in [5.41, 5.74) is 3.07. The standard InChI is InChI=1S/C25H22BrN3O3S2/c1-3-20(22(30)29-18-7-5-6-16(12-18)25(31)32-4-2)34-24-21-19(13-33-23(21)27-14-28-24)15-8-10-17(26)11-9-15/h5-14,20H,3-4H2,1-2H3,(H,29,30). The molecule has 1 amide bonds. The van der Waals surface area contributed by atoms with E-state index >= 15 is 0 Å². The first kappa shape index (κ1) is 24.4. The van der Waals surface area contributed by atoms with Gasteiger partial charge in [-0.25, -0.2) is 14.8 Å². The number of benzene rings is 2. The van der Waals surface area contributed by atoms with Gasteiger partial charge in [0.25, 0.3) is 0 Å². The Labute approximate surface area is 214 Å². The number of thioether (sulfide) groups is 1. The molecule has 4 rings (SSSR count). The van der Waals surface area contributed by atoms with Gasteiger partial charge in [-0.1, -0.05) is 52.8 Å². The molecule has 1 N–H and O–H groups in total. The van der Waals surface area contributed by atoms with Gasteiger partial charge in [0, 0.05) is 21.1 Å². The van der Waals surface area contributed by atoms with E-state index in [9.17, 15) is 9.59 Å². The summed E-state index contributed by atoms with van der Waals surface area (Å²) >= 11 is 6.47. The summed E-state index contributed by atoms with van der Waals surface area (Å²) in [6.45, 7) is 4.02. The van der Waals surface area contributed by atoms with Crippen LogP contribution in [0.2, 0.25) is 0 Å². The van der Waals surface area contributed by atoms with Gasteiger partial charge in [-0.2, -0.15) is 0 Å². The summed E-state index contributed by atoms with van der Waals surface area (Å²) in [6.07, 6.45) is 2.15. The van der Waals surface area contributed by atoms with E-state index in [1.54, 1.807) is 48.9 Å². The third-order valence-corrected chi connectivity index (χ3v) is 7.83. The average molecular weight is 557 g/mol. The molecule has 6 nitrogen and oxygen atoms in total. The molecule has 174 valence electrons. The van der Waals surface area contributed by atoms with E-state index in [2.05, 4.69) is 36.6 Å². The number of nitrogens with zero attached hydrogens (tertiary/aromatic N) is 2. The zero-order chi connectivity index (χ0) is 24.1. The molecule has 2 aromatic heterocycles. The van der Waals surface area contributed by atoms with E-state index in [0.717, 1.165) is 30.8 Å². The number of esters is 1. The molecule has 0 aliphatic rings. The fourth-order valence-corrected chi connectivity index (χ4v) is 5.68. The van der Waals surface area contributed by atoms with Crippen molar-refractivity contribution < 1.29 is 14.3 Å². The topological polar surface area (TPSA) is 81.2 Å². The molecular weight excluding hydrogens is 534 g/mol. The molecule has 34 heavy (non-hydrogen) atoms. The van der Waals surface area contributed by atoms with Crippen LogP contribution in [0.15, 0.2) is 69.7 Å². The molecule has 4 aromatic rings. The fraction of sp³-hybridized carbons (Fsp3) is 0.200. The van der Waals surface area contributed by atoms with Crippen LogP contribution in [0.3, 0.4) is 0 Å². The number of anilines is 1. The quantitative estimate of drug-likeness (QED) is 0.146. The third kappa shape index (κ3) is 5.48. The van der Waals surface area contributed by atoms with Crippen LogP contribution in [-0.4, -0.2) is 33.7 Å². The number of carbonyl (C=O) groups excluding carboxylic acids is 2. The van der Waals surface area contributed by atoms with Gasteiger partial charge in [0.1, 0.15) is 16.2 Å². The van der Waals surface area contributed by atoms with Crippen molar-refractivity contribution in [2.75, 3.05) is 11.9 Å². The highest BCUT2D eigenvalue weighted by Gasteiger charge is 2.22. The Morgan fingerprint density at radius 2 is 1.94 bits per heavy atom. The summed E-state index contributed by atoms with van der Waals surface area (Å²) in [5.74, 6) is -0.568. The molecule has 0 aliphatic heterocycles. The van der Waals surface area contributed by atoms with Crippen molar-refractivity contribution in [3.05, 3.63) is 70.3 Å². The van der Waals surface area contributed by atoms with Crippen molar-refractivity contribution in [1.82, 2.24) is 9.97 Å². The normalized spacial score (nSPS) is 11.9. The van der Waals surface area contributed by atoms with Crippen LogP contribution in [0.25, 0.3) is 21.3 Å². The Morgan fingerprint density at radius 3 is 2.68 bits per heavy atom. The summed E-state index contributed by atoms with van der Waals surface area (Å²) in [5, 5.41) is 6.36. The van der Waals surface area contributed by atoms with Gasteiger partial charge in [0.05, 0.1) is 22.8 Å². The molecule has 9 heteroatoms. The van der Waals surface area contributed by atoms with E-state index in [0.29, 0.717) is 24.3 Å². The third-order valence-electron chi connectivity index (χ3n) is 5.05. The largest absolute Gasteiger partial charge is 0.462 e. The number of aromatic nitrogens is 2. The minimum absolute atomic E-state index is 0.152. The first-order chi connectivity index (χ1) is 16.5. The van der Waals surface area contributed by atoms with Crippen LogP contribution in [-0.2, 0) is 9.53 Å². The van der Waals surface area contributed by atoms with E-state index in [1.165, 1.54) is 11.8 Å². The van der Waals surface area contributed by atoms with Crippen LogP contribution >= 0.6 is 39.0 Å². The summed E-state index contributed by atoms with van der Waals surface area (Å²) in [4.78, 5) is 35.0. The molecular formula is C25H22BrN3O3S2. The predicted octanol–water partition coefficient (Wildman–Crippen LogP) is 6.81. The minimum Gasteiger partial charge on any atom is -0.462 e. The smallest absolute Gasteiger partial charge is 0.338 e. The zero-order valence-corrected chi connectivity index (χ0v) is 21.8. The van der Waals surface area contributed by atoms with Crippen LogP contribution in [0.1, 0.15) is 30.6 Å². The van der Waals surface area contributed by atoms with Crippen molar-refractivity contribution >= 4 is 66.8 Å². The number of fused-ring (bicyclic) bond motifs is 1. The van der Waals surface area contributed by atoms with E-state index in [1.807, 2.05) is 31.2 Å². The molecule has 1 atom stereocenters. The molecule has 0 aliphatic carbocycles. The number of halogens is 1. The highest BCUT2D eigenvalue weighted by atomic mass is 79.9. The van der Waals surface area contributed by atoms with Gasteiger partial charge in [0.15, 0.2) is 0 Å². The highest BCUT2D eigenvalue weighted by Crippen LogP contribution is 2.39. The van der Waals surface area contributed by atoms with Gasteiger partial charge < -0.3 is 10.1 Å². The van der Waals surface area contributed by atoms with E-state index in [4.69, 9.17) is 4.74 Å². The molecule has 1 unspecified atom stereocenters. The number of rotatable bonds is 8. The predicted molar refractivity (Wildman–Crippen MR) is 142 cm³/mol. The lowest BCUT2D eigenvalue weighted by Gasteiger charge is -2.15. The SMILES string of the molecule is CCOC(=O)c1cccc(NC(=O)C(CC)Sc2ncnc3scc(-c4ccc(Br)cc4)c23)c1. The lowest BCUT2D eigenvalue weighted by Crippen LogP contribution is -2.24. The number of amides is 1. The number of thiophene rings is 1. The fourth-order valence-electron chi connectivity index (χ4n) is 3.40. The number of hydrogen-bond acceptors (Lipinski definition) is 7. The second-order valence-corrected chi connectivity index (χ2v) is 10.3. The first-order valence-corrected chi connectivity index (χ1v) is 13.3.